The number of rotatable bonds is 4. The van der Waals surface area contributed by atoms with Gasteiger partial charge in [0.1, 0.15) is 0 Å². The van der Waals surface area contributed by atoms with Crippen LogP contribution in [0.2, 0.25) is 0 Å². The number of allylic oxidation sites excluding steroid dienone is 1. The van der Waals surface area contributed by atoms with Crippen LogP contribution in [0.1, 0.15) is 58.8 Å². The van der Waals surface area contributed by atoms with Gasteiger partial charge in [-0.25, -0.2) is 0 Å². The highest BCUT2D eigenvalue weighted by atomic mass is 16.1. The fourth-order valence-electron chi connectivity index (χ4n) is 3.15. The van der Waals surface area contributed by atoms with E-state index < -0.39 is 0 Å². The molecule has 0 heterocycles. The highest BCUT2D eigenvalue weighted by molar-refractivity contribution is 5.93. The zero-order valence-electron chi connectivity index (χ0n) is 11.2. The Hall–Kier alpha value is -0.790. The second kappa shape index (κ2) is 5.70. The molecule has 0 saturated heterocycles. The molecule has 2 saturated carbocycles. The minimum atomic E-state index is 0.148. The molecule has 1 amide bonds. The normalized spacial score (nSPS) is 30.1. The smallest absolute Gasteiger partial charge is 0.246 e. The van der Waals surface area contributed by atoms with Crippen LogP contribution in [0, 0.1) is 11.8 Å². The Morgan fingerprint density at radius 3 is 2.65 bits per heavy atom. The number of amides is 1. The van der Waals surface area contributed by atoms with Gasteiger partial charge in [-0.2, -0.15) is 0 Å². The predicted octanol–water partition coefficient (Wildman–Crippen LogP) is 3.43. The van der Waals surface area contributed by atoms with Crippen molar-refractivity contribution in [3.63, 3.8) is 0 Å². The van der Waals surface area contributed by atoms with Crippen LogP contribution in [0.15, 0.2) is 11.6 Å². The van der Waals surface area contributed by atoms with Gasteiger partial charge in [0.2, 0.25) is 5.91 Å². The van der Waals surface area contributed by atoms with Crippen LogP contribution in [0.5, 0.6) is 0 Å². The lowest BCUT2D eigenvalue weighted by molar-refractivity contribution is -0.117. The van der Waals surface area contributed by atoms with Crippen molar-refractivity contribution in [2.24, 2.45) is 11.8 Å². The first kappa shape index (κ1) is 12.7. The van der Waals surface area contributed by atoms with Gasteiger partial charge < -0.3 is 5.32 Å². The van der Waals surface area contributed by atoms with Crippen molar-refractivity contribution in [2.45, 2.75) is 64.8 Å². The summed E-state index contributed by atoms with van der Waals surface area (Å²) in [6.45, 7) is 3.98. The van der Waals surface area contributed by atoms with E-state index in [4.69, 9.17) is 0 Å². The highest BCUT2D eigenvalue weighted by Crippen LogP contribution is 2.44. The van der Waals surface area contributed by atoms with Gasteiger partial charge in [-0.15, -0.1) is 0 Å². The molecule has 0 aromatic rings. The summed E-state index contributed by atoms with van der Waals surface area (Å²) in [7, 11) is 0. The zero-order valence-corrected chi connectivity index (χ0v) is 11.2. The molecule has 2 atom stereocenters. The lowest BCUT2D eigenvalue weighted by Gasteiger charge is -2.21. The van der Waals surface area contributed by atoms with E-state index in [1.54, 1.807) is 0 Å². The van der Waals surface area contributed by atoms with E-state index in [1.807, 2.05) is 13.0 Å². The van der Waals surface area contributed by atoms with E-state index in [0.29, 0.717) is 6.04 Å². The topological polar surface area (TPSA) is 29.1 Å². The van der Waals surface area contributed by atoms with Gasteiger partial charge in [-0.3, -0.25) is 4.79 Å². The van der Waals surface area contributed by atoms with Crippen LogP contribution in [0.3, 0.4) is 0 Å². The minimum Gasteiger partial charge on any atom is -0.349 e. The summed E-state index contributed by atoms with van der Waals surface area (Å²) in [5.41, 5.74) is 0.877. The Morgan fingerprint density at radius 1 is 1.29 bits per heavy atom. The fraction of sp³-hybridized carbons (Fsp3) is 0.800. The third kappa shape index (κ3) is 3.34. The molecule has 2 fully saturated rings. The molecular formula is C15H25NO. The van der Waals surface area contributed by atoms with Gasteiger partial charge in [-0.1, -0.05) is 45.1 Å². The molecular weight excluding hydrogens is 210 g/mol. The zero-order chi connectivity index (χ0) is 12.3. The van der Waals surface area contributed by atoms with Crippen LogP contribution in [0.4, 0.5) is 0 Å². The molecule has 0 bridgehead atoms. The molecule has 2 aliphatic carbocycles. The Bertz CT molecular complexity index is 302. The van der Waals surface area contributed by atoms with Gasteiger partial charge in [-0.05, 0) is 31.6 Å². The van der Waals surface area contributed by atoms with Gasteiger partial charge in [0.25, 0.3) is 0 Å². The van der Waals surface area contributed by atoms with Crippen LogP contribution in [-0.2, 0) is 4.79 Å². The van der Waals surface area contributed by atoms with E-state index in [-0.39, 0.29) is 5.91 Å². The third-order valence-electron chi connectivity index (χ3n) is 4.28. The van der Waals surface area contributed by atoms with Crippen LogP contribution < -0.4 is 5.32 Å². The first-order valence-corrected chi connectivity index (χ1v) is 7.20. The summed E-state index contributed by atoms with van der Waals surface area (Å²) in [5.74, 6) is 1.83. The van der Waals surface area contributed by atoms with Crippen molar-refractivity contribution in [3.8, 4) is 0 Å². The SMILES string of the molecule is CCC=C(C)C(=O)NC1CC1C1CCCCC1. The number of carbonyl (C=O) groups is 1. The average Bonchev–Trinajstić information content (AvgIpc) is 3.10. The van der Waals surface area contributed by atoms with E-state index in [1.165, 1.54) is 38.5 Å². The molecule has 96 valence electrons. The maximum Gasteiger partial charge on any atom is 0.246 e. The number of hydrogen-bond acceptors (Lipinski definition) is 1. The standard InChI is InChI=1S/C15H25NO/c1-3-7-11(2)15(17)16-14-10-13(14)12-8-5-4-6-9-12/h7,12-14H,3-6,8-10H2,1-2H3,(H,16,17). The molecule has 17 heavy (non-hydrogen) atoms. The quantitative estimate of drug-likeness (QED) is 0.743. The van der Waals surface area contributed by atoms with Crippen LogP contribution >= 0.6 is 0 Å². The third-order valence-corrected chi connectivity index (χ3v) is 4.28. The fourth-order valence-corrected chi connectivity index (χ4v) is 3.15. The molecule has 0 aromatic carbocycles. The van der Waals surface area contributed by atoms with E-state index in [0.717, 1.165) is 23.8 Å². The Kier molecular flexibility index (Phi) is 4.25. The average molecular weight is 235 g/mol. The molecule has 2 aliphatic rings. The van der Waals surface area contributed by atoms with Crippen molar-refractivity contribution in [1.82, 2.24) is 5.32 Å². The summed E-state index contributed by atoms with van der Waals surface area (Å²) in [6.07, 6.45) is 11.2. The van der Waals surface area contributed by atoms with Gasteiger partial charge in [0.05, 0.1) is 0 Å². The summed E-state index contributed by atoms with van der Waals surface area (Å²) in [6, 6.07) is 0.478. The molecule has 2 unspecified atom stereocenters. The lowest BCUT2D eigenvalue weighted by atomic mass is 9.85. The van der Waals surface area contributed by atoms with Crippen molar-refractivity contribution >= 4 is 5.91 Å². The summed E-state index contributed by atoms with van der Waals surface area (Å²) in [4.78, 5) is 11.8. The van der Waals surface area contributed by atoms with E-state index in [2.05, 4.69) is 12.2 Å². The Balaban J connectivity index is 1.75. The molecule has 2 nitrogen and oxygen atoms in total. The van der Waals surface area contributed by atoms with Gasteiger partial charge >= 0.3 is 0 Å². The first-order chi connectivity index (χ1) is 8.22. The summed E-state index contributed by atoms with van der Waals surface area (Å²) in [5, 5.41) is 3.18. The number of hydrogen-bond donors (Lipinski definition) is 1. The largest absolute Gasteiger partial charge is 0.349 e. The molecule has 0 spiro atoms. The molecule has 2 rings (SSSR count). The van der Waals surface area contributed by atoms with Crippen molar-refractivity contribution in [2.75, 3.05) is 0 Å². The lowest BCUT2D eigenvalue weighted by Crippen LogP contribution is -2.29. The van der Waals surface area contributed by atoms with Crippen LogP contribution in [-0.4, -0.2) is 11.9 Å². The summed E-state index contributed by atoms with van der Waals surface area (Å²) < 4.78 is 0. The van der Waals surface area contributed by atoms with Crippen molar-refractivity contribution in [1.29, 1.82) is 0 Å². The molecule has 0 aliphatic heterocycles. The van der Waals surface area contributed by atoms with Crippen molar-refractivity contribution in [3.05, 3.63) is 11.6 Å². The predicted molar refractivity (Wildman–Crippen MR) is 70.7 cm³/mol. The number of nitrogens with one attached hydrogen (secondary N) is 1. The van der Waals surface area contributed by atoms with E-state index in [9.17, 15) is 4.79 Å². The second-order valence-electron chi connectivity index (χ2n) is 5.67. The van der Waals surface area contributed by atoms with Crippen LogP contribution in [0.25, 0.3) is 0 Å². The van der Waals surface area contributed by atoms with E-state index >= 15 is 0 Å². The molecule has 1 N–H and O–H groups in total. The second-order valence-corrected chi connectivity index (χ2v) is 5.67. The minimum absolute atomic E-state index is 0.148. The molecule has 2 heteroatoms. The number of carbonyl (C=O) groups excluding carboxylic acids is 1. The molecule has 0 radical (unpaired) electrons. The maximum atomic E-state index is 11.8. The Morgan fingerprint density at radius 2 is 2.00 bits per heavy atom. The van der Waals surface area contributed by atoms with Gasteiger partial charge in [0.15, 0.2) is 0 Å². The van der Waals surface area contributed by atoms with Gasteiger partial charge in [0, 0.05) is 11.6 Å². The summed E-state index contributed by atoms with van der Waals surface area (Å²) >= 11 is 0. The monoisotopic (exact) mass is 235 g/mol. The first-order valence-electron chi connectivity index (χ1n) is 7.20. The highest BCUT2D eigenvalue weighted by Gasteiger charge is 2.43. The van der Waals surface area contributed by atoms with Crippen molar-refractivity contribution < 1.29 is 4.79 Å². The maximum absolute atomic E-state index is 11.8. The Labute approximate surface area is 105 Å². The molecule has 0 aromatic heterocycles.